The molecule has 0 radical (unpaired) electrons. The lowest BCUT2D eigenvalue weighted by atomic mass is 9.90. The summed E-state index contributed by atoms with van der Waals surface area (Å²) in [5, 5.41) is 6.61. The van der Waals surface area contributed by atoms with Crippen LogP contribution in [0.15, 0.2) is 42.5 Å². The Morgan fingerprint density at radius 1 is 1.06 bits per heavy atom. The molecule has 2 aliphatic heterocycles. The Labute approximate surface area is 196 Å². The van der Waals surface area contributed by atoms with Gasteiger partial charge in [0, 0.05) is 54.7 Å². The largest absolute Gasteiger partial charge is 0.378 e. The first kappa shape index (κ1) is 23.1. The van der Waals surface area contributed by atoms with Gasteiger partial charge in [0.2, 0.25) is 5.91 Å². The van der Waals surface area contributed by atoms with E-state index in [0.29, 0.717) is 5.56 Å². The Balaban J connectivity index is 1.61. The van der Waals surface area contributed by atoms with Crippen molar-refractivity contribution in [3.8, 4) is 0 Å². The normalized spacial score (nSPS) is 20.4. The summed E-state index contributed by atoms with van der Waals surface area (Å²) >= 11 is 0. The summed E-state index contributed by atoms with van der Waals surface area (Å²) in [6, 6.07) is 14.2. The fourth-order valence-electron chi connectivity index (χ4n) is 4.76. The van der Waals surface area contributed by atoms with Gasteiger partial charge in [-0.2, -0.15) is 0 Å². The number of ether oxygens (including phenoxy) is 1. The third kappa shape index (κ3) is 5.14. The average Bonchev–Trinajstić information content (AvgIpc) is 2.79. The lowest BCUT2D eigenvalue weighted by molar-refractivity contribution is -0.117. The minimum atomic E-state index is -0.102. The number of hydrogen-bond donors (Lipinski definition) is 2. The van der Waals surface area contributed by atoms with Crippen molar-refractivity contribution < 1.29 is 14.3 Å². The number of carbonyl (C=O) groups is 2. The molecule has 176 valence electrons. The molecule has 1 saturated heterocycles. The number of fused-ring (bicyclic) bond motifs is 1. The number of nitrogens with one attached hydrogen (secondary N) is 2. The monoisotopic (exact) mass is 450 g/mol. The summed E-state index contributed by atoms with van der Waals surface area (Å²) in [6.45, 7) is 10.9. The van der Waals surface area contributed by atoms with Gasteiger partial charge in [-0.25, -0.2) is 0 Å². The van der Waals surface area contributed by atoms with Crippen LogP contribution in [0, 0.1) is 0 Å². The summed E-state index contributed by atoms with van der Waals surface area (Å²) in [5.74, 6) is -0.0918. The number of rotatable bonds is 5. The van der Waals surface area contributed by atoms with E-state index >= 15 is 0 Å². The van der Waals surface area contributed by atoms with E-state index in [4.69, 9.17) is 4.74 Å². The van der Waals surface area contributed by atoms with Crippen molar-refractivity contribution >= 4 is 28.9 Å². The van der Waals surface area contributed by atoms with Crippen LogP contribution in [0.1, 0.15) is 56.1 Å². The van der Waals surface area contributed by atoms with Crippen LogP contribution in [-0.4, -0.2) is 50.2 Å². The molecule has 2 atom stereocenters. The van der Waals surface area contributed by atoms with E-state index in [-0.39, 0.29) is 29.9 Å². The molecule has 2 aliphatic rings. The van der Waals surface area contributed by atoms with Crippen LogP contribution in [0.5, 0.6) is 0 Å². The van der Waals surface area contributed by atoms with Gasteiger partial charge in [-0.1, -0.05) is 0 Å². The molecule has 0 spiro atoms. The highest BCUT2D eigenvalue weighted by Crippen LogP contribution is 2.39. The van der Waals surface area contributed by atoms with E-state index in [1.54, 1.807) is 13.0 Å². The molecule has 2 aromatic carbocycles. The highest BCUT2D eigenvalue weighted by atomic mass is 16.5. The van der Waals surface area contributed by atoms with Gasteiger partial charge in [-0.15, -0.1) is 0 Å². The van der Waals surface area contributed by atoms with E-state index in [9.17, 15) is 9.59 Å². The van der Waals surface area contributed by atoms with Crippen molar-refractivity contribution in [2.24, 2.45) is 0 Å². The van der Waals surface area contributed by atoms with E-state index in [1.165, 1.54) is 5.69 Å². The van der Waals surface area contributed by atoms with Gasteiger partial charge in [0.05, 0.1) is 19.3 Å². The molecule has 2 heterocycles. The number of amides is 2. The summed E-state index contributed by atoms with van der Waals surface area (Å²) in [7, 11) is 0. The van der Waals surface area contributed by atoms with Crippen molar-refractivity contribution in [3.05, 3.63) is 53.6 Å². The maximum atomic E-state index is 12.6. The quantitative estimate of drug-likeness (QED) is 0.721. The van der Waals surface area contributed by atoms with Crippen LogP contribution in [-0.2, 0) is 9.53 Å². The molecule has 2 aromatic rings. The zero-order valence-corrected chi connectivity index (χ0v) is 19.9. The van der Waals surface area contributed by atoms with E-state index < -0.39 is 0 Å². The van der Waals surface area contributed by atoms with Gasteiger partial charge in [-0.3, -0.25) is 9.59 Å². The molecule has 7 nitrogen and oxygen atoms in total. The maximum absolute atomic E-state index is 12.6. The molecule has 0 bridgehead atoms. The maximum Gasteiger partial charge on any atom is 0.251 e. The topological polar surface area (TPSA) is 73.9 Å². The fourth-order valence-corrected chi connectivity index (χ4v) is 4.76. The number of morpholine rings is 1. The van der Waals surface area contributed by atoms with Gasteiger partial charge >= 0.3 is 0 Å². The second-order valence-corrected chi connectivity index (χ2v) is 9.22. The van der Waals surface area contributed by atoms with Gasteiger partial charge in [-0.05, 0) is 75.2 Å². The Bertz CT molecular complexity index is 999. The fraction of sp³-hybridized carbons (Fsp3) is 0.462. The molecule has 2 amide bonds. The first-order valence-corrected chi connectivity index (χ1v) is 11.8. The molecule has 1 fully saturated rings. The van der Waals surface area contributed by atoms with Crippen LogP contribution in [0.25, 0.3) is 0 Å². The predicted molar refractivity (Wildman–Crippen MR) is 132 cm³/mol. The molecule has 4 rings (SSSR count). The van der Waals surface area contributed by atoms with Crippen LogP contribution in [0.3, 0.4) is 0 Å². The minimum Gasteiger partial charge on any atom is -0.378 e. The number of benzene rings is 2. The highest BCUT2D eigenvalue weighted by Gasteiger charge is 2.33. The summed E-state index contributed by atoms with van der Waals surface area (Å²) < 4.78 is 5.45. The first-order chi connectivity index (χ1) is 15.8. The van der Waals surface area contributed by atoms with Gasteiger partial charge in [0.25, 0.3) is 5.91 Å². The van der Waals surface area contributed by atoms with Crippen molar-refractivity contribution in [1.29, 1.82) is 0 Å². The van der Waals surface area contributed by atoms with Crippen molar-refractivity contribution in [2.75, 3.05) is 41.4 Å². The van der Waals surface area contributed by atoms with Gasteiger partial charge < -0.3 is 25.2 Å². The number of carbonyl (C=O) groups excluding carboxylic acids is 2. The minimum absolute atomic E-state index is 0.00774. The Morgan fingerprint density at radius 3 is 2.39 bits per heavy atom. The van der Waals surface area contributed by atoms with Crippen LogP contribution < -0.4 is 20.4 Å². The molecule has 0 saturated carbocycles. The van der Waals surface area contributed by atoms with Crippen molar-refractivity contribution in [2.45, 2.75) is 52.2 Å². The molecule has 0 aliphatic carbocycles. The molecule has 2 N–H and O–H groups in total. The molecule has 0 aromatic heterocycles. The Kier molecular flexibility index (Phi) is 6.88. The summed E-state index contributed by atoms with van der Waals surface area (Å²) in [5.41, 5.74) is 4.65. The highest BCUT2D eigenvalue weighted by molar-refractivity contribution is 5.98. The number of anilines is 3. The third-order valence-corrected chi connectivity index (χ3v) is 6.29. The number of nitrogens with zero attached hydrogens (tertiary/aromatic N) is 2. The molecular formula is C26H34N4O3. The first-order valence-electron chi connectivity index (χ1n) is 11.8. The summed E-state index contributed by atoms with van der Waals surface area (Å²) in [6.07, 6.45) is 0.757. The zero-order chi connectivity index (χ0) is 23.5. The molecule has 2 unspecified atom stereocenters. The Morgan fingerprint density at radius 2 is 1.76 bits per heavy atom. The SMILES string of the molecule is CC(=O)N1c2ccc(C(=O)NC(C)C)cc2C(Nc2ccc(N3CCOCC3)cc2)CC1C. The van der Waals surface area contributed by atoms with Gasteiger partial charge in [0.1, 0.15) is 0 Å². The molecular weight excluding hydrogens is 416 g/mol. The molecule has 7 heteroatoms. The molecule has 33 heavy (non-hydrogen) atoms. The second kappa shape index (κ2) is 9.83. The lowest BCUT2D eigenvalue weighted by Gasteiger charge is -2.39. The zero-order valence-electron chi connectivity index (χ0n) is 19.9. The Hall–Kier alpha value is -3.06. The number of hydrogen-bond acceptors (Lipinski definition) is 5. The van der Waals surface area contributed by atoms with Crippen molar-refractivity contribution in [3.63, 3.8) is 0 Å². The smallest absolute Gasteiger partial charge is 0.251 e. The second-order valence-electron chi connectivity index (χ2n) is 9.22. The van der Waals surface area contributed by atoms with Crippen LogP contribution in [0.2, 0.25) is 0 Å². The van der Waals surface area contributed by atoms with E-state index in [0.717, 1.165) is 49.7 Å². The van der Waals surface area contributed by atoms with Crippen LogP contribution >= 0.6 is 0 Å². The van der Waals surface area contributed by atoms with Crippen molar-refractivity contribution in [1.82, 2.24) is 5.32 Å². The average molecular weight is 451 g/mol. The lowest BCUT2D eigenvalue weighted by Crippen LogP contribution is -2.43. The van der Waals surface area contributed by atoms with E-state index in [2.05, 4.69) is 46.7 Å². The van der Waals surface area contributed by atoms with Crippen LogP contribution in [0.4, 0.5) is 17.1 Å². The predicted octanol–water partition coefficient (Wildman–Crippen LogP) is 3.96. The van der Waals surface area contributed by atoms with Gasteiger partial charge in [0.15, 0.2) is 0 Å². The summed E-state index contributed by atoms with van der Waals surface area (Å²) in [4.78, 5) is 29.2. The standard InChI is InChI=1S/C26H34N4O3/c1-17(2)27-26(32)20-5-10-25-23(16-20)24(15-18(3)30(25)19(4)31)28-21-6-8-22(9-7-21)29-11-13-33-14-12-29/h5-10,16-18,24,28H,11-15H2,1-4H3,(H,27,32). The van der Waals surface area contributed by atoms with E-state index in [1.807, 2.05) is 30.9 Å². The third-order valence-electron chi connectivity index (χ3n) is 6.29.